The van der Waals surface area contributed by atoms with Crippen LogP contribution in [-0.2, 0) is 19.0 Å². The van der Waals surface area contributed by atoms with Crippen molar-refractivity contribution in [2.75, 3.05) is 0 Å². The number of benzene rings is 3. The molecule has 1 heterocycles. The molecule has 3 aromatic rings. The second kappa shape index (κ2) is 11.5. The minimum absolute atomic E-state index is 0.160. The maximum absolute atomic E-state index is 13.3. The number of ketones is 1. The Kier molecular flexibility index (Phi) is 8.12. The van der Waals surface area contributed by atoms with Crippen molar-refractivity contribution in [2.24, 2.45) is 0 Å². The van der Waals surface area contributed by atoms with Gasteiger partial charge in [-0.2, -0.15) is 0 Å². The molecule has 12 heteroatoms. The molecular weight excluding hydrogens is 528 g/mol. The number of aliphatic hydroxyl groups excluding tert-OH is 1. The highest BCUT2D eigenvalue weighted by atomic mass is 16.7. The molecule has 0 radical (unpaired) electrons. The van der Waals surface area contributed by atoms with Crippen LogP contribution in [0.25, 0.3) is 0 Å². The van der Waals surface area contributed by atoms with E-state index in [0.29, 0.717) is 0 Å². The van der Waals surface area contributed by atoms with Crippen molar-refractivity contribution in [3.05, 3.63) is 77.4 Å². The van der Waals surface area contributed by atoms with Crippen LogP contribution in [0.5, 0.6) is 28.7 Å². The van der Waals surface area contributed by atoms with Crippen LogP contribution < -0.4 is 4.74 Å². The fraction of sp³-hybridized carbons (Fsp3) is 0.250. The number of hydrogen-bond acceptors (Lipinski definition) is 12. The molecule has 1 fully saturated rings. The molecule has 3 aromatic carbocycles. The molecule has 0 saturated carbocycles. The van der Waals surface area contributed by atoms with E-state index in [1.165, 1.54) is 19.1 Å². The van der Waals surface area contributed by atoms with Gasteiger partial charge in [-0.15, -0.1) is 0 Å². The van der Waals surface area contributed by atoms with Gasteiger partial charge in [-0.25, -0.2) is 4.79 Å². The van der Waals surface area contributed by atoms with Crippen molar-refractivity contribution in [2.45, 2.75) is 44.6 Å². The van der Waals surface area contributed by atoms with Crippen LogP contribution in [0, 0.1) is 0 Å². The molecule has 210 valence electrons. The molecule has 12 nitrogen and oxygen atoms in total. The number of phenols is 4. The fourth-order valence-electron chi connectivity index (χ4n) is 4.24. The number of phenolic OH excluding ortho intramolecular Hbond substituents is 4. The molecular formula is C28H26O12. The van der Waals surface area contributed by atoms with E-state index in [-0.39, 0.29) is 11.1 Å². The van der Waals surface area contributed by atoms with E-state index in [9.17, 15) is 39.9 Å². The molecule has 0 aromatic heterocycles. The van der Waals surface area contributed by atoms with E-state index < -0.39 is 82.7 Å². The van der Waals surface area contributed by atoms with Crippen molar-refractivity contribution in [1.29, 1.82) is 0 Å². The average Bonchev–Trinajstić information content (AvgIpc) is 2.88. The van der Waals surface area contributed by atoms with Crippen LogP contribution in [0.3, 0.4) is 0 Å². The highest BCUT2D eigenvalue weighted by Gasteiger charge is 2.49. The van der Waals surface area contributed by atoms with Gasteiger partial charge in [-0.1, -0.05) is 18.2 Å². The number of carbonyl (C=O) groups excluding carboxylic acids is 3. The molecule has 4 rings (SSSR count). The van der Waals surface area contributed by atoms with Gasteiger partial charge >= 0.3 is 11.9 Å². The van der Waals surface area contributed by atoms with Gasteiger partial charge in [0.15, 0.2) is 18.3 Å². The van der Waals surface area contributed by atoms with Crippen LogP contribution in [-0.4, -0.2) is 74.0 Å². The number of rotatable bonds is 7. The van der Waals surface area contributed by atoms with Gasteiger partial charge in [0, 0.05) is 30.7 Å². The van der Waals surface area contributed by atoms with Gasteiger partial charge in [0.2, 0.25) is 12.1 Å². The van der Waals surface area contributed by atoms with Gasteiger partial charge in [0.05, 0.1) is 11.7 Å². The summed E-state index contributed by atoms with van der Waals surface area (Å²) in [5, 5.41) is 51.3. The first-order valence-corrected chi connectivity index (χ1v) is 12.0. The molecule has 1 saturated heterocycles. The summed E-state index contributed by atoms with van der Waals surface area (Å²) in [6.45, 7) is 2.60. The molecule has 0 bridgehead atoms. The first kappa shape index (κ1) is 28.2. The number of esters is 2. The summed E-state index contributed by atoms with van der Waals surface area (Å²) in [5.74, 6) is -5.00. The van der Waals surface area contributed by atoms with E-state index in [1.807, 2.05) is 0 Å². The van der Waals surface area contributed by atoms with E-state index in [2.05, 4.69) is 0 Å². The lowest BCUT2D eigenvalue weighted by atomic mass is 9.98. The average molecular weight is 555 g/mol. The maximum atomic E-state index is 13.3. The van der Waals surface area contributed by atoms with E-state index in [1.54, 1.807) is 18.2 Å². The predicted molar refractivity (Wildman–Crippen MR) is 135 cm³/mol. The van der Waals surface area contributed by atoms with E-state index in [0.717, 1.165) is 37.3 Å². The Labute approximate surface area is 227 Å². The molecule has 5 atom stereocenters. The Balaban J connectivity index is 1.68. The number of aromatic hydroxyl groups is 4. The summed E-state index contributed by atoms with van der Waals surface area (Å²) in [7, 11) is 0. The molecule has 1 aliphatic rings. The fourth-order valence-corrected chi connectivity index (χ4v) is 4.24. The molecule has 5 unspecified atom stereocenters. The summed E-state index contributed by atoms with van der Waals surface area (Å²) in [5.41, 5.74) is -0.564. The number of carbonyl (C=O) groups is 3. The van der Waals surface area contributed by atoms with Gasteiger partial charge in [-0.3, -0.25) is 9.59 Å². The lowest BCUT2D eigenvalue weighted by Gasteiger charge is -2.42. The lowest BCUT2D eigenvalue weighted by molar-refractivity contribution is -0.271. The van der Waals surface area contributed by atoms with E-state index in [4.69, 9.17) is 18.9 Å². The zero-order chi connectivity index (χ0) is 29.1. The zero-order valence-corrected chi connectivity index (χ0v) is 21.3. The van der Waals surface area contributed by atoms with Gasteiger partial charge in [-0.05, 0) is 31.2 Å². The minimum Gasteiger partial charge on any atom is -0.508 e. The molecule has 0 spiro atoms. The number of ether oxygens (including phenoxy) is 4. The van der Waals surface area contributed by atoms with Crippen molar-refractivity contribution >= 4 is 17.7 Å². The van der Waals surface area contributed by atoms with Crippen molar-refractivity contribution < 1.29 is 58.9 Å². The van der Waals surface area contributed by atoms with Gasteiger partial charge in [0.25, 0.3) is 0 Å². The Morgan fingerprint density at radius 1 is 0.800 bits per heavy atom. The second-order valence-electron chi connectivity index (χ2n) is 9.03. The smallest absolute Gasteiger partial charge is 0.338 e. The molecule has 0 aliphatic carbocycles. The Bertz CT molecular complexity index is 1400. The van der Waals surface area contributed by atoms with Crippen LogP contribution in [0.2, 0.25) is 0 Å². The van der Waals surface area contributed by atoms with Crippen LogP contribution in [0.1, 0.15) is 40.1 Å². The second-order valence-corrected chi connectivity index (χ2v) is 9.03. The van der Waals surface area contributed by atoms with Crippen molar-refractivity contribution in [1.82, 2.24) is 0 Å². The Morgan fingerprint density at radius 2 is 1.43 bits per heavy atom. The summed E-state index contributed by atoms with van der Waals surface area (Å²) < 4.78 is 22.2. The quantitative estimate of drug-likeness (QED) is 0.212. The Morgan fingerprint density at radius 3 is 2.05 bits per heavy atom. The van der Waals surface area contributed by atoms with Crippen LogP contribution in [0.15, 0.2) is 60.7 Å². The number of aliphatic hydroxyl groups is 1. The highest BCUT2D eigenvalue weighted by Crippen LogP contribution is 2.38. The molecule has 0 amide bonds. The van der Waals surface area contributed by atoms with E-state index >= 15 is 0 Å². The third-order valence-corrected chi connectivity index (χ3v) is 6.01. The topological polar surface area (TPSA) is 189 Å². The third kappa shape index (κ3) is 6.08. The Hall–Kier alpha value is -4.81. The minimum atomic E-state index is -1.79. The van der Waals surface area contributed by atoms with Crippen molar-refractivity contribution in [3.8, 4) is 28.7 Å². The lowest BCUT2D eigenvalue weighted by Crippen LogP contribution is -2.60. The summed E-state index contributed by atoms with van der Waals surface area (Å²) in [6, 6.07) is 12.8. The first-order valence-electron chi connectivity index (χ1n) is 12.0. The summed E-state index contributed by atoms with van der Waals surface area (Å²) >= 11 is 0. The summed E-state index contributed by atoms with van der Waals surface area (Å²) in [4.78, 5) is 37.8. The SMILES string of the molecule is CC(=O)OC1C(C)OC(Oc2cc(O)cc(O)c2C(=O)c2cc(O)cc(O)c2)C(O)C1OC(=O)c1ccccc1. The van der Waals surface area contributed by atoms with Gasteiger partial charge in [0.1, 0.15) is 34.3 Å². The highest BCUT2D eigenvalue weighted by molar-refractivity contribution is 6.13. The standard InChI is InChI=1S/C28H26O12/c1-13-25(38-14(2)29)26(40-27(36)15-6-4-3-5-7-15)24(35)28(37-13)39-21-12-19(32)11-20(33)22(21)23(34)16-8-17(30)10-18(31)9-16/h3-13,24-26,28,30-33,35H,1-2H3. The largest absolute Gasteiger partial charge is 0.508 e. The van der Waals surface area contributed by atoms with Crippen LogP contribution in [0.4, 0.5) is 0 Å². The maximum Gasteiger partial charge on any atom is 0.338 e. The predicted octanol–water partition coefficient (Wildman–Crippen LogP) is 2.38. The van der Waals surface area contributed by atoms with Crippen molar-refractivity contribution in [3.63, 3.8) is 0 Å². The molecule has 1 aliphatic heterocycles. The third-order valence-electron chi connectivity index (χ3n) is 6.01. The molecule has 5 N–H and O–H groups in total. The van der Waals surface area contributed by atoms with Crippen LogP contribution >= 0.6 is 0 Å². The molecule has 40 heavy (non-hydrogen) atoms. The zero-order valence-electron chi connectivity index (χ0n) is 21.3. The summed E-state index contributed by atoms with van der Waals surface area (Å²) in [6.07, 6.45) is -7.17. The first-order chi connectivity index (χ1) is 18.9. The monoisotopic (exact) mass is 554 g/mol. The van der Waals surface area contributed by atoms with Gasteiger partial charge < -0.3 is 44.5 Å². The number of hydrogen-bond donors (Lipinski definition) is 5. The normalized spacial score (nSPS) is 22.2.